The average Bonchev–Trinajstić information content (AvgIpc) is 2.81. The summed E-state index contributed by atoms with van der Waals surface area (Å²) in [6.07, 6.45) is 1.09. The summed E-state index contributed by atoms with van der Waals surface area (Å²) in [5.74, 6) is -0.396. The molecule has 0 fully saturated rings. The number of fused-ring (bicyclic) bond motifs is 1. The van der Waals surface area contributed by atoms with Gasteiger partial charge in [-0.15, -0.1) is 0 Å². The van der Waals surface area contributed by atoms with Crippen LogP contribution in [-0.4, -0.2) is 13.6 Å². The van der Waals surface area contributed by atoms with Crippen LogP contribution in [0.2, 0.25) is 5.02 Å². The van der Waals surface area contributed by atoms with Gasteiger partial charge in [0, 0.05) is 31.5 Å². The maximum atomic E-state index is 13.4. The van der Waals surface area contributed by atoms with Crippen molar-refractivity contribution >= 4 is 23.0 Å². The van der Waals surface area contributed by atoms with E-state index in [0.29, 0.717) is 6.54 Å². The summed E-state index contributed by atoms with van der Waals surface area (Å²) < 4.78 is 13.4. The van der Waals surface area contributed by atoms with Crippen molar-refractivity contribution < 1.29 is 4.39 Å². The molecule has 1 N–H and O–H groups in total. The molecule has 1 aliphatic rings. The SMILES string of the molecule is CN1CCc2cc(CNc3ccc(Cl)c(F)c3)ccc21. The van der Waals surface area contributed by atoms with Crippen LogP contribution < -0.4 is 10.2 Å². The molecule has 1 heterocycles. The lowest BCUT2D eigenvalue weighted by molar-refractivity contribution is 0.628. The second-order valence-electron chi connectivity index (χ2n) is 5.12. The smallest absolute Gasteiger partial charge is 0.143 e. The van der Waals surface area contributed by atoms with Gasteiger partial charge in [0.15, 0.2) is 0 Å². The molecule has 0 saturated carbocycles. The van der Waals surface area contributed by atoms with Crippen molar-refractivity contribution in [3.8, 4) is 0 Å². The van der Waals surface area contributed by atoms with Crippen molar-refractivity contribution in [1.82, 2.24) is 0 Å². The van der Waals surface area contributed by atoms with E-state index in [9.17, 15) is 4.39 Å². The lowest BCUT2D eigenvalue weighted by Gasteiger charge is -2.13. The molecule has 0 atom stereocenters. The van der Waals surface area contributed by atoms with Gasteiger partial charge in [-0.3, -0.25) is 0 Å². The van der Waals surface area contributed by atoms with E-state index < -0.39 is 5.82 Å². The fourth-order valence-corrected chi connectivity index (χ4v) is 2.66. The fraction of sp³-hybridized carbons (Fsp3) is 0.250. The lowest BCUT2D eigenvalue weighted by atomic mass is 10.1. The van der Waals surface area contributed by atoms with E-state index in [2.05, 4.69) is 35.5 Å². The van der Waals surface area contributed by atoms with E-state index in [4.69, 9.17) is 11.6 Å². The van der Waals surface area contributed by atoms with Crippen LogP contribution in [0.1, 0.15) is 11.1 Å². The highest BCUT2D eigenvalue weighted by Crippen LogP contribution is 2.27. The van der Waals surface area contributed by atoms with E-state index in [1.165, 1.54) is 22.9 Å². The number of hydrogen-bond donors (Lipinski definition) is 1. The number of anilines is 2. The number of nitrogens with one attached hydrogen (secondary N) is 1. The fourth-order valence-electron chi connectivity index (χ4n) is 2.54. The summed E-state index contributed by atoms with van der Waals surface area (Å²) in [7, 11) is 2.11. The minimum absolute atomic E-state index is 0.149. The van der Waals surface area contributed by atoms with Gasteiger partial charge in [0.25, 0.3) is 0 Å². The molecule has 2 aromatic rings. The highest BCUT2D eigenvalue weighted by Gasteiger charge is 2.15. The van der Waals surface area contributed by atoms with Crippen LogP contribution in [-0.2, 0) is 13.0 Å². The van der Waals surface area contributed by atoms with Crippen LogP contribution in [0.4, 0.5) is 15.8 Å². The Bertz CT molecular complexity index is 642. The van der Waals surface area contributed by atoms with Gasteiger partial charge in [-0.1, -0.05) is 23.7 Å². The van der Waals surface area contributed by atoms with Crippen molar-refractivity contribution in [2.45, 2.75) is 13.0 Å². The molecule has 0 saturated heterocycles. The highest BCUT2D eigenvalue weighted by molar-refractivity contribution is 6.30. The summed E-state index contributed by atoms with van der Waals surface area (Å²) >= 11 is 5.67. The Balaban J connectivity index is 1.71. The summed E-state index contributed by atoms with van der Waals surface area (Å²) in [5, 5.41) is 3.37. The van der Waals surface area contributed by atoms with Crippen LogP contribution in [0, 0.1) is 5.82 Å². The van der Waals surface area contributed by atoms with Gasteiger partial charge in [0.2, 0.25) is 0 Å². The van der Waals surface area contributed by atoms with Crippen LogP contribution in [0.25, 0.3) is 0 Å². The van der Waals surface area contributed by atoms with E-state index in [1.807, 2.05) is 0 Å². The third-order valence-corrected chi connectivity index (χ3v) is 3.99. The van der Waals surface area contributed by atoms with Crippen LogP contribution in [0.3, 0.4) is 0 Å². The Kier molecular flexibility index (Phi) is 3.53. The van der Waals surface area contributed by atoms with Crippen molar-refractivity contribution in [1.29, 1.82) is 0 Å². The lowest BCUT2D eigenvalue weighted by Crippen LogP contribution is -2.12. The van der Waals surface area contributed by atoms with E-state index in [1.54, 1.807) is 12.1 Å². The quantitative estimate of drug-likeness (QED) is 0.916. The monoisotopic (exact) mass is 290 g/mol. The van der Waals surface area contributed by atoms with Crippen molar-refractivity contribution in [3.63, 3.8) is 0 Å². The highest BCUT2D eigenvalue weighted by atomic mass is 35.5. The molecule has 104 valence electrons. The molecule has 20 heavy (non-hydrogen) atoms. The third kappa shape index (κ3) is 2.59. The van der Waals surface area contributed by atoms with E-state index >= 15 is 0 Å². The number of hydrogen-bond acceptors (Lipinski definition) is 2. The first-order valence-corrected chi connectivity index (χ1v) is 7.03. The first-order valence-electron chi connectivity index (χ1n) is 6.65. The molecule has 2 aromatic carbocycles. The Morgan fingerprint density at radius 2 is 2.10 bits per heavy atom. The minimum Gasteiger partial charge on any atom is -0.381 e. The molecule has 0 aliphatic carbocycles. The van der Waals surface area contributed by atoms with Crippen molar-refractivity contribution in [2.24, 2.45) is 0 Å². The zero-order valence-corrected chi connectivity index (χ0v) is 12.0. The van der Waals surface area contributed by atoms with Gasteiger partial charge in [-0.25, -0.2) is 4.39 Å². The number of halogens is 2. The molecular formula is C16H16ClFN2. The maximum absolute atomic E-state index is 13.4. The molecule has 0 aromatic heterocycles. The predicted octanol–water partition coefficient (Wildman–Crippen LogP) is 4.08. The second-order valence-corrected chi connectivity index (χ2v) is 5.52. The molecular weight excluding hydrogens is 275 g/mol. The van der Waals surface area contributed by atoms with Gasteiger partial charge in [-0.05, 0) is 41.8 Å². The number of rotatable bonds is 3. The standard InChI is InChI=1S/C16H16ClFN2/c1-20-7-6-12-8-11(2-5-16(12)20)10-19-13-3-4-14(17)15(18)9-13/h2-5,8-9,19H,6-7,10H2,1H3. The van der Waals surface area contributed by atoms with Gasteiger partial charge >= 0.3 is 0 Å². The van der Waals surface area contributed by atoms with Crippen molar-refractivity contribution in [3.05, 3.63) is 58.4 Å². The third-order valence-electron chi connectivity index (χ3n) is 3.69. The Morgan fingerprint density at radius 3 is 2.90 bits per heavy atom. The Hall–Kier alpha value is -1.74. The molecule has 1 aliphatic heterocycles. The largest absolute Gasteiger partial charge is 0.381 e. The van der Waals surface area contributed by atoms with Gasteiger partial charge in [0.05, 0.1) is 5.02 Å². The maximum Gasteiger partial charge on any atom is 0.143 e. The molecule has 3 rings (SSSR count). The number of likely N-dealkylation sites (N-methyl/N-ethyl adjacent to an activating group) is 1. The first kappa shape index (κ1) is 13.3. The summed E-state index contributed by atoms with van der Waals surface area (Å²) in [4.78, 5) is 2.26. The average molecular weight is 291 g/mol. The molecule has 0 spiro atoms. The van der Waals surface area contributed by atoms with E-state index in [-0.39, 0.29) is 5.02 Å². The zero-order valence-electron chi connectivity index (χ0n) is 11.3. The van der Waals surface area contributed by atoms with Crippen LogP contribution in [0.15, 0.2) is 36.4 Å². The summed E-state index contributed by atoms with van der Waals surface area (Å²) in [6, 6.07) is 11.3. The van der Waals surface area contributed by atoms with Gasteiger partial charge in [-0.2, -0.15) is 0 Å². The van der Waals surface area contributed by atoms with Crippen LogP contribution in [0.5, 0.6) is 0 Å². The normalized spacial score (nSPS) is 13.4. The minimum atomic E-state index is -0.396. The molecule has 0 bridgehead atoms. The van der Waals surface area contributed by atoms with Gasteiger partial charge < -0.3 is 10.2 Å². The molecule has 4 heteroatoms. The molecule has 0 unspecified atom stereocenters. The topological polar surface area (TPSA) is 15.3 Å². The van der Waals surface area contributed by atoms with Gasteiger partial charge in [0.1, 0.15) is 5.82 Å². The Morgan fingerprint density at radius 1 is 1.25 bits per heavy atom. The Labute approximate surface area is 123 Å². The number of benzene rings is 2. The second kappa shape index (κ2) is 5.33. The summed E-state index contributed by atoms with van der Waals surface area (Å²) in [5.41, 5.74) is 4.64. The van der Waals surface area contributed by atoms with E-state index in [0.717, 1.165) is 18.7 Å². The first-order chi connectivity index (χ1) is 9.63. The molecule has 2 nitrogen and oxygen atoms in total. The predicted molar refractivity (Wildman–Crippen MR) is 82.2 cm³/mol. The van der Waals surface area contributed by atoms with Crippen LogP contribution >= 0.6 is 11.6 Å². The zero-order chi connectivity index (χ0) is 14.1. The number of nitrogens with zero attached hydrogens (tertiary/aromatic N) is 1. The molecule has 0 amide bonds. The molecule has 0 radical (unpaired) electrons. The summed E-state index contributed by atoms with van der Waals surface area (Å²) in [6.45, 7) is 1.76. The van der Waals surface area contributed by atoms with Crippen molar-refractivity contribution in [2.75, 3.05) is 23.8 Å².